The van der Waals surface area contributed by atoms with Crippen molar-refractivity contribution in [3.05, 3.63) is 106 Å². The first-order valence-electron chi connectivity index (χ1n) is 16.9. The molecule has 5 nitrogen and oxygen atoms in total. The topological polar surface area (TPSA) is 65.5 Å². The summed E-state index contributed by atoms with van der Waals surface area (Å²) < 4.78 is 41.3. The summed E-state index contributed by atoms with van der Waals surface area (Å²) in [6.07, 6.45) is 5.48. The Kier molecular flexibility index (Phi) is 13.6. The Bertz CT molecular complexity index is 1590. The molecule has 0 spiro atoms. The van der Waals surface area contributed by atoms with Gasteiger partial charge in [-0.15, -0.1) is 11.8 Å². The highest BCUT2D eigenvalue weighted by atomic mass is 32.2. The summed E-state index contributed by atoms with van der Waals surface area (Å²) in [6.45, 7) is 15.6. The van der Waals surface area contributed by atoms with Gasteiger partial charge in [-0.1, -0.05) is 77.1 Å². The summed E-state index contributed by atoms with van der Waals surface area (Å²) in [5, 5.41) is 0. The molecule has 1 aliphatic heterocycles. The van der Waals surface area contributed by atoms with E-state index in [1.54, 1.807) is 43.3 Å². The van der Waals surface area contributed by atoms with Crippen LogP contribution in [0.4, 0.5) is 8.78 Å². The van der Waals surface area contributed by atoms with Crippen LogP contribution in [0.25, 0.3) is 0 Å². The third-order valence-electron chi connectivity index (χ3n) is 8.94. The maximum absolute atomic E-state index is 15.8. The lowest BCUT2D eigenvalue weighted by molar-refractivity contribution is -0.155. The van der Waals surface area contributed by atoms with Crippen LogP contribution in [0.5, 0.6) is 5.88 Å². The molecule has 260 valence electrons. The van der Waals surface area contributed by atoms with Gasteiger partial charge in [0.05, 0.1) is 13.5 Å². The lowest BCUT2D eigenvalue weighted by atomic mass is 9.52. The molecule has 0 amide bonds. The molecule has 2 aliphatic rings. The second-order valence-electron chi connectivity index (χ2n) is 13.2. The smallest absolute Gasteiger partial charge is 0.306 e. The zero-order valence-corrected chi connectivity index (χ0v) is 30.7. The summed E-state index contributed by atoms with van der Waals surface area (Å²) in [4.78, 5) is 31.9. The SMILES string of the molecule is CC.CC.COc1nccc2c1C[C@]1(c3ccc(F)cc3F)CC=C(C(CC(=O)OC(C)(C)C)CC(=O)c3ccccc3)SC[C@]1(C)C2. The maximum atomic E-state index is 15.8. The lowest BCUT2D eigenvalue weighted by Crippen LogP contribution is -2.51. The Hall–Kier alpha value is -3.52. The number of halogens is 2. The van der Waals surface area contributed by atoms with E-state index in [9.17, 15) is 14.0 Å². The molecule has 0 saturated heterocycles. The molecule has 2 aromatic carbocycles. The number of esters is 1. The fourth-order valence-corrected chi connectivity index (χ4v) is 8.21. The number of hydrogen-bond acceptors (Lipinski definition) is 6. The number of pyridine rings is 1. The first-order chi connectivity index (χ1) is 22.8. The van der Waals surface area contributed by atoms with E-state index in [0.717, 1.165) is 22.1 Å². The second kappa shape index (κ2) is 16.7. The fraction of sp³-hybridized carbons (Fsp3) is 0.475. The summed E-state index contributed by atoms with van der Waals surface area (Å²) in [5.41, 5.74) is 1.15. The van der Waals surface area contributed by atoms with Crippen LogP contribution >= 0.6 is 11.8 Å². The lowest BCUT2D eigenvalue weighted by Gasteiger charge is -2.52. The van der Waals surface area contributed by atoms with Gasteiger partial charge in [-0.3, -0.25) is 9.59 Å². The van der Waals surface area contributed by atoms with Crippen LogP contribution < -0.4 is 4.74 Å². The van der Waals surface area contributed by atoms with Crippen LogP contribution in [0, 0.1) is 23.0 Å². The van der Waals surface area contributed by atoms with Crippen molar-refractivity contribution in [1.82, 2.24) is 4.98 Å². The molecule has 5 rings (SSSR count). The predicted octanol–water partition coefficient (Wildman–Crippen LogP) is 10.1. The normalized spacial score (nSPS) is 20.5. The molecule has 0 saturated carbocycles. The number of ether oxygens (including phenoxy) is 2. The molecule has 1 unspecified atom stereocenters. The highest BCUT2D eigenvalue weighted by Crippen LogP contribution is 2.58. The van der Waals surface area contributed by atoms with E-state index < -0.39 is 34.0 Å². The van der Waals surface area contributed by atoms with Gasteiger partial charge in [-0.2, -0.15) is 0 Å². The van der Waals surface area contributed by atoms with Crippen molar-refractivity contribution in [2.45, 2.75) is 98.5 Å². The minimum Gasteiger partial charge on any atom is -0.481 e. The van der Waals surface area contributed by atoms with Crippen molar-refractivity contribution in [2.24, 2.45) is 11.3 Å². The van der Waals surface area contributed by atoms with Gasteiger partial charge in [0.2, 0.25) is 5.88 Å². The Morgan fingerprint density at radius 2 is 1.67 bits per heavy atom. The quantitative estimate of drug-likeness (QED) is 0.174. The molecule has 8 heteroatoms. The van der Waals surface area contributed by atoms with E-state index in [2.05, 4.69) is 18.0 Å². The minimum absolute atomic E-state index is 0.0429. The van der Waals surface area contributed by atoms with Gasteiger partial charge in [-0.25, -0.2) is 13.8 Å². The molecule has 3 aromatic rings. The Morgan fingerprint density at radius 3 is 2.29 bits per heavy atom. The third kappa shape index (κ3) is 8.73. The summed E-state index contributed by atoms with van der Waals surface area (Å²) in [5.74, 6) is -0.964. The van der Waals surface area contributed by atoms with Crippen LogP contribution in [-0.2, 0) is 27.8 Å². The number of carbonyl (C=O) groups excluding carboxylic acids is 2. The number of methoxy groups -OCH3 is 1. The first kappa shape index (κ1) is 38.9. The van der Waals surface area contributed by atoms with Crippen LogP contribution in [0.2, 0.25) is 0 Å². The minimum atomic E-state index is -0.761. The zero-order valence-electron chi connectivity index (χ0n) is 29.9. The monoisotopic (exact) mass is 679 g/mol. The molecule has 0 fully saturated rings. The third-order valence-corrected chi connectivity index (χ3v) is 10.6. The molecule has 1 aliphatic carbocycles. The number of allylic oxidation sites excluding steroid dienone is 2. The van der Waals surface area contributed by atoms with E-state index in [-0.39, 0.29) is 24.6 Å². The fourth-order valence-electron chi connectivity index (χ4n) is 6.75. The van der Waals surface area contributed by atoms with Crippen molar-refractivity contribution in [3.63, 3.8) is 0 Å². The molecular weight excluding hydrogens is 629 g/mol. The molecule has 0 N–H and O–H groups in total. The molecule has 0 bridgehead atoms. The number of carbonyl (C=O) groups is 2. The molecular formula is C40H51F2NO4S. The average molecular weight is 680 g/mol. The van der Waals surface area contributed by atoms with Gasteiger partial charge in [0.25, 0.3) is 0 Å². The average Bonchev–Trinajstić information content (AvgIpc) is 3.20. The van der Waals surface area contributed by atoms with E-state index in [0.29, 0.717) is 42.0 Å². The van der Waals surface area contributed by atoms with Gasteiger partial charge in [0.1, 0.15) is 17.2 Å². The van der Waals surface area contributed by atoms with E-state index in [4.69, 9.17) is 9.47 Å². The zero-order chi connectivity index (χ0) is 35.7. The van der Waals surface area contributed by atoms with Gasteiger partial charge < -0.3 is 9.47 Å². The Labute approximate surface area is 289 Å². The standard InChI is InChI=1S/C36H39F2NO4S.2C2H6/c1-34(2,3)43-32(41)18-25(17-30(40)23-9-7-6-8-10-23)31-13-15-36(28-12-11-26(37)19-29(28)38)21-27-24(14-16-39-33(27)42-5)20-35(36,4)22-44-31;2*1-2/h6-14,16,19,25H,15,17-18,20-22H2,1-5H3;2*1-2H3/t25?,35-,36-;;/m0../s1. The van der Waals surface area contributed by atoms with Crippen LogP contribution in [-0.4, -0.2) is 35.2 Å². The molecule has 48 heavy (non-hydrogen) atoms. The first-order valence-corrected chi connectivity index (χ1v) is 17.9. The predicted molar refractivity (Wildman–Crippen MR) is 192 cm³/mol. The largest absolute Gasteiger partial charge is 0.481 e. The number of fused-ring (bicyclic) bond motifs is 2. The van der Waals surface area contributed by atoms with Crippen molar-refractivity contribution in [2.75, 3.05) is 12.9 Å². The van der Waals surface area contributed by atoms with Gasteiger partial charge in [-0.05, 0) is 73.6 Å². The van der Waals surface area contributed by atoms with Crippen LogP contribution in [0.3, 0.4) is 0 Å². The number of rotatable bonds is 8. The summed E-state index contributed by atoms with van der Waals surface area (Å²) in [7, 11) is 1.58. The number of thioether (sulfide) groups is 1. The second-order valence-corrected chi connectivity index (χ2v) is 14.2. The highest BCUT2D eigenvalue weighted by Gasteiger charge is 2.54. The number of Topliss-reactive ketones (excluding diaryl/α,β-unsaturated/α-hetero) is 1. The van der Waals surface area contributed by atoms with Gasteiger partial charge in [0, 0.05) is 46.9 Å². The number of hydrogen-bond donors (Lipinski definition) is 0. The van der Waals surface area contributed by atoms with Crippen molar-refractivity contribution in [3.8, 4) is 5.88 Å². The van der Waals surface area contributed by atoms with Crippen molar-refractivity contribution < 1.29 is 27.8 Å². The number of benzene rings is 2. The number of aromatic nitrogens is 1. The number of nitrogens with zero attached hydrogens (tertiary/aromatic N) is 1. The van der Waals surface area contributed by atoms with Gasteiger partial charge in [0.15, 0.2) is 5.78 Å². The molecule has 1 aromatic heterocycles. The van der Waals surface area contributed by atoms with E-state index in [1.807, 2.05) is 72.7 Å². The molecule has 0 radical (unpaired) electrons. The number of ketones is 1. The van der Waals surface area contributed by atoms with Crippen LogP contribution in [0.1, 0.15) is 102 Å². The summed E-state index contributed by atoms with van der Waals surface area (Å²) >= 11 is 1.62. The Balaban J connectivity index is 0.00000151. The van der Waals surface area contributed by atoms with Crippen molar-refractivity contribution >= 4 is 23.5 Å². The van der Waals surface area contributed by atoms with Crippen LogP contribution in [0.15, 0.2) is 71.8 Å². The van der Waals surface area contributed by atoms with Gasteiger partial charge >= 0.3 is 5.97 Å². The highest BCUT2D eigenvalue weighted by molar-refractivity contribution is 8.03. The van der Waals surface area contributed by atoms with E-state index in [1.165, 1.54) is 6.07 Å². The summed E-state index contributed by atoms with van der Waals surface area (Å²) in [6, 6.07) is 14.9. The van der Waals surface area contributed by atoms with E-state index >= 15 is 4.39 Å². The maximum Gasteiger partial charge on any atom is 0.306 e. The molecule has 3 atom stereocenters. The van der Waals surface area contributed by atoms with Crippen molar-refractivity contribution in [1.29, 1.82) is 0 Å². The Morgan fingerprint density at radius 1 is 0.979 bits per heavy atom. The molecule has 2 heterocycles.